The van der Waals surface area contributed by atoms with E-state index in [0.717, 1.165) is 4.31 Å². The van der Waals surface area contributed by atoms with Gasteiger partial charge in [0.25, 0.3) is 0 Å². The van der Waals surface area contributed by atoms with Crippen molar-refractivity contribution in [1.82, 2.24) is 4.31 Å². The zero-order chi connectivity index (χ0) is 20.7. The van der Waals surface area contributed by atoms with Gasteiger partial charge < -0.3 is 9.47 Å². The summed E-state index contributed by atoms with van der Waals surface area (Å²) in [6.07, 6.45) is 0. The van der Waals surface area contributed by atoms with E-state index in [-0.39, 0.29) is 23.7 Å². The van der Waals surface area contributed by atoms with Crippen LogP contribution in [0.3, 0.4) is 0 Å². The minimum Gasteiger partial charge on any atom is -0.490 e. The molecule has 0 saturated carbocycles. The molecule has 1 atom stereocenters. The SMILES string of the molecule is CCS(=O)c1ccccc1C(=O)OCCOc1ccc(S(=O)(=O)N(C)C)cc1. The largest absolute Gasteiger partial charge is 0.490 e. The molecule has 28 heavy (non-hydrogen) atoms. The first-order chi connectivity index (χ1) is 13.3. The van der Waals surface area contributed by atoms with Crippen molar-refractivity contribution >= 4 is 26.8 Å². The molecule has 9 heteroatoms. The highest BCUT2D eigenvalue weighted by Crippen LogP contribution is 2.18. The van der Waals surface area contributed by atoms with Gasteiger partial charge in [-0.25, -0.2) is 17.5 Å². The van der Waals surface area contributed by atoms with E-state index in [1.165, 1.54) is 38.4 Å². The molecule has 0 saturated heterocycles. The molecule has 152 valence electrons. The highest BCUT2D eigenvalue weighted by atomic mass is 32.2. The molecule has 0 aliphatic carbocycles. The molecule has 0 N–H and O–H groups in total. The molecule has 2 aromatic carbocycles. The Morgan fingerprint density at radius 1 is 1.04 bits per heavy atom. The lowest BCUT2D eigenvalue weighted by atomic mass is 10.2. The molecule has 2 aromatic rings. The number of ether oxygens (including phenoxy) is 2. The topological polar surface area (TPSA) is 90.0 Å². The molecule has 0 spiro atoms. The van der Waals surface area contributed by atoms with Crippen LogP contribution in [0, 0.1) is 0 Å². The summed E-state index contributed by atoms with van der Waals surface area (Å²) in [7, 11) is -1.83. The van der Waals surface area contributed by atoms with Crippen molar-refractivity contribution in [2.75, 3.05) is 33.1 Å². The molecule has 0 aromatic heterocycles. The first kappa shape index (κ1) is 22.1. The van der Waals surface area contributed by atoms with Crippen LogP contribution in [0.15, 0.2) is 58.3 Å². The summed E-state index contributed by atoms with van der Waals surface area (Å²) in [5, 5.41) is 0. The molecule has 0 aliphatic rings. The normalized spacial score (nSPS) is 12.6. The van der Waals surface area contributed by atoms with Crippen molar-refractivity contribution in [3.63, 3.8) is 0 Å². The van der Waals surface area contributed by atoms with Crippen molar-refractivity contribution < 1.29 is 26.9 Å². The average molecular weight is 426 g/mol. The molecular formula is C19H23NO6S2. The van der Waals surface area contributed by atoms with E-state index in [0.29, 0.717) is 16.4 Å². The van der Waals surface area contributed by atoms with Crippen LogP contribution in [0.25, 0.3) is 0 Å². The number of benzene rings is 2. The van der Waals surface area contributed by atoms with Gasteiger partial charge >= 0.3 is 5.97 Å². The summed E-state index contributed by atoms with van der Waals surface area (Å²) in [6.45, 7) is 1.88. The number of hydrogen-bond acceptors (Lipinski definition) is 6. The first-order valence-electron chi connectivity index (χ1n) is 8.57. The number of carbonyl (C=O) groups is 1. The molecule has 1 unspecified atom stereocenters. The molecule has 7 nitrogen and oxygen atoms in total. The third kappa shape index (κ3) is 5.40. The van der Waals surface area contributed by atoms with Crippen molar-refractivity contribution in [2.24, 2.45) is 0 Å². The standard InChI is InChI=1S/C19H23NO6S2/c1-4-27(22)18-8-6-5-7-17(18)19(21)26-14-13-25-15-9-11-16(12-10-15)28(23,24)20(2)3/h5-12H,4,13-14H2,1-3H3. The lowest BCUT2D eigenvalue weighted by Crippen LogP contribution is -2.22. The predicted molar refractivity (Wildman–Crippen MR) is 106 cm³/mol. The van der Waals surface area contributed by atoms with Gasteiger partial charge in [-0.1, -0.05) is 19.1 Å². The van der Waals surface area contributed by atoms with Gasteiger partial charge in [0.1, 0.15) is 19.0 Å². The highest BCUT2D eigenvalue weighted by molar-refractivity contribution is 7.89. The first-order valence-corrected chi connectivity index (χ1v) is 11.3. The maximum atomic E-state index is 12.2. The maximum absolute atomic E-state index is 12.2. The summed E-state index contributed by atoms with van der Waals surface area (Å²) >= 11 is 0. The minimum absolute atomic E-state index is 0.00365. The van der Waals surface area contributed by atoms with Gasteiger partial charge in [-0.05, 0) is 36.4 Å². The van der Waals surface area contributed by atoms with E-state index in [1.807, 2.05) is 0 Å². The average Bonchev–Trinajstić information content (AvgIpc) is 2.70. The maximum Gasteiger partial charge on any atom is 0.339 e. The third-order valence-electron chi connectivity index (χ3n) is 3.80. The number of nitrogens with zero attached hydrogens (tertiary/aromatic N) is 1. The van der Waals surface area contributed by atoms with Crippen molar-refractivity contribution in [2.45, 2.75) is 16.7 Å². The minimum atomic E-state index is -3.49. The highest BCUT2D eigenvalue weighted by Gasteiger charge is 2.17. The zero-order valence-corrected chi connectivity index (χ0v) is 17.6. The second-order valence-electron chi connectivity index (χ2n) is 5.87. The predicted octanol–water partition coefficient (Wildman–Crippen LogP) is 2.30. The summed E-state index contributed by atoms with van der Waals surface area (Å²) in [5.74, 6) is 0.308. The zero-order valence-electron chi connectivity index (χ0n) is 16.0. The van der Waals surface area contributed by atoms with E-state index < -0.39 is 26.8 Å². The summed E-state index contributed by atoms with van der Waals surface area (Å²) in [5.41, 5.74) is 0.279. The van der Waals surface area contributed by atoms with Crippen LogP contribution < -0.4 is 4.74 Å². The molecule has 0 aliphatic heterocycles. The summed E-state index contributed by atoms with van der Waals surface area (Å²) in [4.78, 5) is 12.8. The van der Waals surface area contributed by atoms with Gasteiger partial charge in [-0.3, -0.25) is 4.21 Å². The van der Waals surface area contributed by atoms with Crippen LogP contribution in [0.1, 0.15) is 17.3 Å². The van der Waals surface area contributed by atoms with E-state index in [4.69, 9.17) is 9.47 Å². The lowest BCUT2D eigenvalue weighted by molar-refractivity contribution is 0.0446. The molecule has 0 amide bonds. The molecule has 0 fully saturated rings. The Morgan fingerprint density at radius 2 is 1.68 bits per heavy atom. The Labute approximate surface area is 167 Å². The second kappa shape index (κ2) is 9.81. The summed E-state index contributed by atoms with van der Waals surface area (Å²) in [6, 6.07) is 12.6. The fraction of sp³-hybridized carbons (Fsp3) is 0.316. The monoisotopic (exact) mass is 425 g/mol. The van der Waals surface area contributed by atoms with E-state index in [9.17, 15) is 17.4 Å². The fourth-order valence-electron chi connectivity index (χ4n) is 2.28. The van der Waals surface area contributed by atoms with Crippen LogP contribution >= 0.6 is 0 Å². The van der Waals surface area contributed by atoms with Gasteiger partial charge in [0.05, 0.1) is 26.2 Å². The second-order valence-corrected chi connectivity index (χ2v) is 9.73. The Balaban J connectivity index is 1.90. The van der Waals surface area contributed by atoms with E-state index in [1.54, 1.807) is 31.2 Å². The Kier molecular flexibility index (Phi) is 7.73. The van der Waals surface area contributed by atoms with Crippen molar-refractivity contribution in [1.29, 1.82) is 0 Å². The van der Waals surface area contributed by atoms with Crippen LogP contribution in [-0.2, 0) is 25.6 Å². The molecular weight excluding hydrogens is 402 g/mol. The third-order valence-corrected chi connectivity index (χ3v) is 7.00. The smallest absolute Gasteiger partial charge is 0.339 e. The van der Waals surface area contributed by atoms with Gasteiger partial charge in [0.2, 0.25) is 10.0 Å². The number of esters is 1. The molecule has 2 rings (SSSR count). The Morgan fingerprint density at radius 3 is 2.29 bits per heavy atom. The molecule has 0 bridgehead atoms. The van der Waals surface area contributed by atoms with Gasteiger partial charge in [0, 0.05) is 19.8 Å². The number of hydrogen-bond donors (Lipinski definition) is 0. The Bertz CT molecular complexity index is 939. The number of rotatable bonds is 9. The number of carbonyl (C=O) groups excluding carboxylic acids is 1. The van der Waals surface area contributed by atoms with Gasteiger partial charge in [-0.15, -0.1) is 0 Å². The van der Waals surface area contributed by atoms with Crippen molar-refractivity contribution in [3.05, 3.63) is 54.1 Å². The molecule has 0 radical (unpaired) electrons. The molecule has 0 heterocycles. The summed E-state index contributed by atoms with van der Waals surface area (Å²) < 4.78 is 47.9. The van der Waals surface area contributed by atoms with Crippen LogP contribution in [0.5, 0.6) is 5.75 Å². The Hall–Kier alpha value is -2.23. The van der Waals surface area contributed by atoms with Gasteiger partial charge in [-0.2, -0.15) is 0 Å². The van der Waals surface area contributed by atoms with Crippen molar-refractivity contribution in [3.8, 4) is 5.75 Å². The van der Waals surface area contributed by atoms with Crippen LogP contribution in [0.4, 0.5) is 0 Å². The fourth-order valence-corrected chi connectivity index (χ4v) is 4.12. The quantitative estimate of drug-likeness (QED) is 0.452. The van der Waals surface area contributed by atoms with Gasteiger partial charge in [0.15, 0.2) is 0 Å². The lowest BCUT2D eigenvalue weighted by Gasteiger charge is -2.12. The van der Waals surface area contributed by atoms with Crippen LogP contribution in [0.2, 0.25) is 0 Å². The van der Waals surface area contributed by atoms with Crippen LogP contribution in [-0.4, -0.2) is 56.0 Å². The van der Waals surface area contributed by atoms with E-state index in [2.05, 4.69) is 0 Å². The number of sulfonamides is 1. The van der Waals surface area contributed by atoms with E-state index >= 15 is 0 Å².